The lowest BCUT2D eigenvalue weighted by Gasteiger charge is -2.27. The average molecular weight is 276 g/mol. The molecule has 0 bridgehead atoms. The normalized spacial score (nSPS) is 15.4. The van der Waals surface area contributed by atoms with Crippen molar-refractivity contribution in [1.82, 2.24) is 15.3 Å². The van der Waals surface area contributed by atoms with Crippen LogP contribution in [0.1, 0.15) is 45.4 Å². The van der Waals surface area contributed by atoms with Crippen LogP contribution in [0.2, 0.25) is 0 Å². The van der Waals surface area contributed by atoms with E-state index in [1.165, 1.54) is 19.3 Å². The first-order valence-electron chi connectivity index (χ1n) is 7.48. The molecule has 1 saturated heterocycles. The lowest BCUT2D eigenvalue weighted by molar-refractivity contribution is -0.121. The third-order valence-corrected chi connectivity index (χ3v) is 3.41. The summed E-state index contributed by atoms with van der Waals surface area (Å²) in [7, 11) is 0. The molecule has 0 unspecified atom stereocenters. The Labute approximate surface area is 120 Å². The van der Waals surface area contributed by atoms with E-state index >= 15 is 0 Å². The fourth-order valence-corrected chi connectivity index (χ4v) is 2.39. The Morgan fingerprint density at radius 1 is 1.35 bits per heavy atom. The van der Waals surface area contributed by atoms with Gasteiger partial charge in [0.2, 0.25) is 5.91 Å². The van der Waals surface area contributed by atoms with E-state index in [0.29, 0.717) is 24.7 Å². The van der Waals surface area contributed by atoms with E-state index in [1.807, 2.05) is 19.9 Å². The van der Waals surface area contributed by atoms with Gasteiger partial charge in [-0.15, -0.1) is 0 Å². The van der Waals surface area contributed by atoms with Crippen LogP contribution in [0, 0.1) is 5.92 Å². The van der Waals surface area contributed by atoms with Crippen molar-refractivity contribution in [2.45, 2.75) is 46.1 Å². The number of carbonyl (C=O) groups excluding carboxylic acids is 1. The summed E-state index contributed by atoms with van der Waals surface area (Å²) in [6.45, 7) is 6.61. The molecular formula is C15H24N4O. The molecule has 0 aromatic carbocycles. The van der Waals surface area contributed by atoms with Gasteiger partial charge in [-0.2, -0.15) is 0 Å². The zero-order valence-corrected chi connectivity index (χ0v) is 12.4. The number of aromatic nitrogens is 2. The molecule has 1 aromatic heterocycles. The smallest absolute Gasteiger partial charge is 0.220 e. The van der Waals surface area contributed by atoms with E-state index in [-0.39, 0.29) is 5.91 Å². The number of piperidine rings is 1. The second-order valence-electron chi connectivity index (χ2n) is 5.75. The first-order valence-corrected chi connectivity index (χ1v) is 7.48. The van der Waals surface area contributed by atoms with E-state index in [9.17, 15) is 4.79 Å². The molecule has 1 aliphatic rings. The fourth-order valence-electron chi connectivity index (χ4n) is 2.39. The van der Waals surface area contributed by atoms with Crippen LogP contribution in [-0.4, -0.2) is 29.0 Å². The maximum atomic E-state index is 11.6. The van der Waals surface area contributed by atoms with Crippen molar-refractivity contribution in [1.29, 1.82) is 0 Å². The number of anilines is 1. The molecule has 110 valence electrons. The third-order valence-electron chi connectivity index (χ3n) is 3.41. The zero-order valence-electron chi connectivity index (χ0n) is 12.4. The molecule has 5 nitrogen and oxygen atoms in total. The number of nitrogens with zero attached hydrogens (tertiary/aromatic N) is 3. The topological polar surface area (TPSA) is 58.1 Å². The van der Waals surface area contributed by atoms with Crippen LogP contribution in [0.15, 0.2) is 12.3 Å². The lowest BCUT2D eigenvalue weighted by atomic mass is 10.1. The van der Waals surface area contributed by atoms with Gasteiger partial charge in [-0.1, -0.05) is 13.8 Å². The standard InChI is InChI=1S/C15H24N4O/c1-12(2)10-15(20)17-11-13-16-7-6-14(18-13)19-8-4-3-5-9-19/h6-7,12H,3-5,8-11H2,1-2H3,(H,17,20). The number of hydrogen-bond acceptors (Lipinski definition) is 4. The van der Waals surface area contributed by atoms with Crippen molar-refractivity contribution < 1.29 is 4.79 Å². The molecule has 0 radical (unpaired) electrons. The van der Waals surface area contributed by atoms with Gasteiger partial charge in [0, 0.05) is 25.7 Å². The number of hydrogen-bond donors (Lipinski definition) is 1. The molecule has 2 rings (SSSR count). The van der Waals surface area contributed by atoms with Gasteiger partial charge in [-0.05, 0) is 31.2 Å². The quantitative estimate of drug-likeness (QED) is 0.895. The summed E-state index contributed by atoms with van der Waals surface area (Å²) in [5.74, 6) is 2.10. The second kappa shape index (κ2) is 7.22. The Kier molecular flexibility index (Phi) is 5.32. The lowest BCUT2D eigenvalue weighted by Crippen LogP contribution is -2.31. The molecule has 0 aliphatic carbocycles. The van der Waals surface area contributed by atoms with Gasteiger partial charge >= 0.3 is 0 Å². The Morgan fingerprint density at radius 3 is 2.80 bits per heavy atom. The molecule has 1 N–H and O–H groups in total. The fraction of sp³-hybridized carbons (Fsp3) is 0.667. The summed E-state index contributed by atoms with van der Waals surface area (Å²) in [6.07, 6.45) is 6.08. The highest BCUT2D eigenvalue weighted by atomic mass is 16.1. The summed E-state index contributed by atoms with van der Waals surface area (Å²) in [6, 6.07) is 1.95. The van der Waals surface area contributed by atoms with Gasteiger partial charge < -0.3 is 10.2 Å². The Balaban J connectivity index is 1.90. The van der Waals surface area contributed by atoms with Crippen molar-refractivity contribution in [2.75, 3.05) is 18.0 Å². The minimum absolute atomic E-state index is 0.0620. The predicted molar refractivity (Wildman–Crippen MR) is 79.4 cm³/mol. The van der Waals surface area contributed by atoms with E-state index in [0.717, 1.165) is 18.9 Å². The van der Waals surface area contributed by atoms with Crippen LogP contribution in [0.25, 0.3) is 0 Å². The van der Waals surface area contributed by atoms with Gasteiger partial charge in [0.1, 0.15) is 11.6 Å². The van der Waals surface area contributed by atoms with E-state index < -0.39 is 0 Å². The van der Waals surface area contributed by atoms with Gasteiger partial charge in [-0.25, -0.2) is 9.97 Å². The van der Waals surface area contributed by atoms with Gasteiger partial charge in [0.15, 0.2) is 0 Å². The highest BCUT2D eigenvalue weighted by Gasteiger charge is 2.13. The van der Waals surface area contributed by atoms with Crippen LogP contribution in [0.3, 0.4) is 0 Å². The molecular weight excluding hydrogens is 252 g/mol. The first kappa shape index (κ1) is 14.8. The van der Waals surface area contributed by atoms with Crippen LogP contribution >= 0.6 is 0 Å². The number of rotatable bonds is 5. The van der Waals surface area contributed by atoms with Gasteiger partial charge in [0.05, 0.1) is 6.54 Å². The molecule has 1 aliphatic heterocycles. The molecule has 0 spiro atoms. The first-order chi connectivity index (χ1) is 9.65. The molecule has 20 heavy (non-hydrogen) atoms. The summed E-state index contributed by atoms with van der Waals surface area (Å²) in [4.78, 5) is 22.7. The molecule has 0 atom stereocenters. The number of amides is 1. The molecule has 5 heteroatoms. The maximum Gasteiger partial charge on any atom is 0.220 e. The Bertz CT molecular complexity index is 441. The van der Waals surface area contributed by atoms with E-state index in [1.54, 1.807) is 6.20 Å². The van der Waals surface area contributed by atoms with Crippen molar-refractivity contribution in [3.63, 3.8) is 0 Å². The monoisotopic (exact) mass is 276 g/mol. The van der Waals surface area contributed by atoms with Crippen LogP contribution < -0.4 is 10.2 Å². The van der Waals surface area contributed by atoms with E-state index in [4.69, 9.17) is 0 Å². The average Bonchev–Trinajstić information content (AvgIpc) is 2.46. The highest BCUT2D eigenvalue weighted by Crippen LogP contribution is 2.16. The molecule has 0 saturated carbocycles. The summed E-state index contributed by atoms with van der Waals surface area (Å²) in [5.41, 5.74) is 0. The Hall–Kier alpha value is -1.65. The molecule has 1 fully saturated rings. The SMILES string of the molecule is CC(C)CC(=O)NCc1nccc(N2CCCCC2)n1. The minimum Gasteiger partial charge on any atom is -0.357 e. The zero-order chi connectivity index (χ0) is 14.4. The summed E-state index contributed by atoms with van der Waals surface area (Å²) in [5, 5.41) is 2.88. The third kappa shape index (κ3) is 4.47. The van der Waals surface area contributed by atoms with Crippen LogP contribution in [-0.2, 0) is 11.3 Å². The van der Waals surface area contributed by atoms with Gasteiger partial charge in [0.25, 0.3) is 0 Å². The molecule has 1 amide bonds. The summed E-state index contributed by atoms with van der Waals surface area (Å²) >= 11 is 0. The van der Waals surface area contributed by atoms with Crippen molar-refractivity contribution in [3.05, 3.63) is 18.1 Å². The van der Waals surface area contributed by atoms with Crippen molar-refractivity contribution >= 4 is 11.7 Å². The maximum absolute atomic E-state index is 11.6. The van der Waals surface area contributed by atoms with Gasteiger partial charge in [-0.3, -0.25) is 4.79 Å². The molecule has 2 heterocycles. The largest absolute Gasteiger partial charge is 0.357 e. The van der Waals surface area contributed by atoms with Crippen LogP contribution in [0.5, 0.6) is 0 Å². The number of nitrogens with one attached hydrogen (secondary N) is 1. The van der Waals surface area contributed by atoms with Crippen LogP contribution in [0.4, 0.5) is 5.82 Å². The Morgan fingerprint density at radius 2 is 2.10 bits per heavy atom. The van der Waals surface area contributed by atoms with Crippen molar-refractivity contribution in [2.24, 2.45) is 5.92 Å². The second-order valence-corrected chi connectivity index (χ2v) is 5.75. The summed E-state index contributed by atoms with van der Waals surface area (Å²) < 4.78 is 0. The molecule has 1 aromatic rings. The number of carbonyl (C=O) groups is 1. The van der Waals surface area contributed by atoms with Crippen molar-refractivity contribution in [3.8, 4) is 0 Å². The minimum atomic E-state index is 0.0620. The highest BCUT2D eigenvalue weighted by molar-refractivity contribution is 5.75. The predicted octanol–water partition coefficient (Wildman–Crippen LogP) is 2.13. The van der Waals surface area contributed by atoms with E-state index in [2.05, 4.69) is 20.2 Å².